The average molecular weight is 401 g/mol. The van der Waals surface area contributed by atoms with Gasteiger partial charge in [0.2, 0.25) is 11.8 Å². The molecule has 1 aromatic carbocycles. The Hall–Kier alpha value is -1.84. The van der Waals surface area contributed by atoms with E-state index in [1.165, 1.54) is 11.1 Å². The molecule has 0 aromatic heterocycles. The van der Waals surface area contributed by atoms with Crippen molar-refractivity contribution in [3.8, 4) is 0 Å². The normalized spacial score (nSPS) is 17.3. The van der Waals surface area contributed by atoms with E-state index in [0.717, 1.165) is 38.6 Å². The molecule has 162 valence electrons. The molecule has 0 bridgehead atoms. The van der Waals surface area contributed by atoms with Crippen molar-refractivity contribution in [2.75, 3.05) is 13.1 Å². The van der Waals surface area contributed by atoms with E-state index in [1.54, 1.807) is 0 Å². The van der Waals surface area contributed by atoms with Crippen LogP contribution in [-0.2, 0) is 16.0 Å². The molecule has 29 heavy (non-hydrogen) atoms. The first kappa shape index (κ1) is 23.4. The van der Waals surface area contributed by atoms with E-state index in [-0.39, 0.29) is 23.3 Å². The highest BCUT2D eigenvalue weighted by molar-refractivity contribution is 5.79. The Morgan fingerprint density at radius 3 is 2.62 bits per heavy atom. The van der Waals surface area contributed by atoms with Gasteiger partial charge in [0.1, 0.15) is 0 Å². The van der Waals surface area contributed by atoms with Crippen molar-refractivity contribution in [3.05, 3.63) is 35.4 Å². The third-order valence-electron chi connectivity index (χ3n) is 5.64. The number of benzene rings is 1. The largest absolute Gasteiger partial charge is 0.349 e. The van der Waals surface area contributed by atoms with Gasteiger partial charge >= 0.3 is 0 Å². The van der Waals surface area contributed by atoms with Gasteiger partial charge in [0.05, 0.1) is 6.04 Å². The first-order chi connectivity index (χ1) is 13.7. The summed E-state index contributed by atoms with van der Waals surface area (Å²) in [6.07, 6.45) is 6.07. The summed E-state index contributed by atoms with van der Waals surface area (Å²) in [5.74, 6) is 0.581. The van der Waals surface area contributed by atoms with E-state index in [4.69, 9.17) is 0 Å². The summed E-state index contributed by atoms with van der Waals surface area (Å²) in [6, 6.07) is 8.51. The molecule has 0 spiro atoms. The van der Waals surface area contributed by atoms with Crippen molar-refractivity contribution in [2.24, 2.45) is 11.3 Å². The number of rotatable bonds is 9. The molecule has 1 aliphatic rings. The molecule has 0 fully saturated rings. The lowest BCUT2D eigenvalue weighted by molar-refractivity contribution is -0.133. The van der Waals surface area contributed by atoms with E-state index in [2.05, 4.69) is 58.1 Å². The van der Waals surface area contributed by atoms with Crippen LogP contribution in [0.15, 0.2) is 24.3 Å². The molecule has 2 amide bonds. The van der Waals surface area contributed by atoms with Gasteiger partial charge in [0.25, 0.3) is 0 Å². The van der Waals surface area contributed by atoms with Crippen LogP contribution in [0.25, 0.3) is 0 Å². The third-order valence-corrected chi connectivity index (χ3v) is 5.64. The summed E-state index contributed by atoms with van der Waals surface area (Å²) in [7, 11) is 0. The second kappa shape index (κ2) is 10.8. The van der Waals surface area contributed by atoms with Gasteiger partial charge in [-0.3, -0.25) is 9.59 Å². The van der Waals surface area contributed by atoms with E-state index >= 15 is 0 Å². The maximum Gasteiger partial charge on any atom is 0.222 e. The van der Waals surface area contributed by atoms with Crippen molar-refractivity contribution < 1.29 is 9.59 Å². The molecule has 0 aliphatic heterocycles. The number of nitrogens with one attached hydrogen (secondary N) is 1. The first-order valence-electron chi connectivity index (χ1n) is 11.3. The van der Waals surface area contributed by atoms with E-state index in [9.17, 15) is 9.59 Å². The molecule has 4 heteroatoms. The molecule has 4 nitrogen and oxygen atoms in total. The number of hydrogen-bond donors (Lipinski definition) is 1. The molecule has 1 N–H and O–H groups in total. The predicted molar refractivity (Wildman–Crippen MR) is 120 cm³/mol. The number of hydrogen-bond acceptors (Lipinski definition) is 2. The fraction of sp³-hybridized carbons (Fsp3) is 0.680. The van der Waals surface area contributed by atoms with E-state index in [1.807, 2.05) is 11.0 Å². The molecule has 0 saturated heterocycles. The molecular weight excluding hydrogens is 360 g/mol. The maximum atomic E-state index is 12.8. The minimum atomic E-state index is 0.0448. The fourth-order valence-corrected chi connectivity index (χ4v) is 4.58. The Morgan fingerprint density at radius 2 is 1.93 bits per heavy atom. The Kier molecular flexibility index (Phi) is 8.73. The standard InChI is InChI=1S/C25H40N2O2/c1-6-15-27(24(29)17-19(2)18-25(3,4)5)16-14-23(28)26-22-13-9-11-20-10-7-8-12-21(20)22/h7-8,10,12,19,22H,6,9,11,13-18H2,1-5H3,(H,26,28). The smallest absolute Gasteiger partial charge is 0.222 e. The molecule has 2 rings (SSSR count). The minimum Gasteiger partial charge on any atom is -0.349 e. The van der Waals surface area contributed by atoms with Crippen molar-refractivity contribution in [2.45, 2.75) is 85.6 Å². The zero-order valence-electron chi connectivity index (χ0n) is 19.1. The van der Waals surface area contributed by atoms with Crippen LogP contribution < -0.4 is 5.32 Å². The molecule has 2 atom stereocenters. The van der Waals surface area contributed by atoms with E-state index < -0.39 is 0 Å². The number of amides is 2. The molecule has 0 radical (unpaired) electrons. The average Bonchev–Trinajstić information content (AvgIpc) is 2.63. The van der Waals surface area contributed by atoms with Crippen LogP contribution in [0.4, 0.5) is 0 Å². The van der Waals surface area contributed by atoms with Crippen molar-refractivity contribution >= 4 is 11.8 Å². The molecule has 0 heterocycles. The fourth-order valence-electron chi connectivity index (χ4n) is 4.58. The van der Waals surface area contributed by atoms with Gasteiger partial charge in [-0.25, -0.2) is 0 Å². The second-order valence-electron chi connectivity index (χ2n) is 9.92. The summed E-state index contributed by atoms with van der Waals surface area (Å²) in [5.41, 5.74) is 2.83. The highest BCUT2D eigenvalue weighted by Crippen LogP contribution is 2.29. The Labute approximate surface area is 177 Å². The number of carbonyl (C=O) groups is 2. The summed E-state index contributed by atoms with van der Waals surface area (Å²) in [4.78, 5) is 27.3. The highest BCUT2D eigenvalue weighted by atomic mass is 16.2. The van der Waals surface area contributed by atoms with Gasteiger partial charge in [-0.05, 0) is 54.6 Å². The van der Waals surface area contributed by atoms with Gasteiger partial charge in [0.15, 0.2) is 0 Å². The Morgan fingerprint density at radius 1 is 1.21 bits per heavy atom. The lowest BCUT2D eigenvalue weighted by Crippen LogP contribution is -2.38. The Balaban J connectivity index is 1.86. The molecule has 1 aliphatic carbocycles. The van der Waals surface area contributed by atoms with Crippen LogP contribution in [0, 0.1) is 11.3 Å². The monoisotopic (exact) mass is 400 g/mol. The summed E-state index contributed by atoms with van der Waals surface area (Å²) in [6.45, 7) is 12.1. The van der Waals surface area contributed by atoms with Gasteiger partial charge < -0.3 is 10.2 Å². The molecule has 2 unspecified atom stereocenters. The lowest BCUT2D eigenvalue weighted by Gasteiger charge is -2.28. The first-order valence-corrected chi connectivity index (χ1v) is 11.3. The van der Waals surface area contributed by atoms with Crippen LogP contribution in [-0.4, -0.2) is 29.8 Å². The molecule has 0 saturated carbocycles. The van der Waals surface area contributed by atoms with Gasteiger partial charge in [0, 0.05) is 25.9 Å². The highest BCUT2D eigenvalue weighted by Gasteiger charge is 2.23. The third kappa shape index (κ3) is 7.83. The summed E-state index contributed by atoms with van der Waals surface area (Å²) >= 11 is 0. The van der Waals surface area contributed by atoms with Crippen LogP contribution in [0.3, 0.4) is 0 Å². The SMILES string of the molecule is CCCN(CCC(=O)NC1CCCc2ccccc21)C(=O)CC(C)CC(C)(C)C. The van der Waals surface area contributed by atoms with Crippen molar-refractivity contribution in [1.29, 1.82) is 0 Å². The van der Waals surface area contributed by atoms with Gasteiger partial charge in [-0.2, -0.15) is 0 Å². The quantitative estimate of drug-likeness (QED) is 0.614. The van der Waals surface area contributed by atoms with Gasteiger partial charge in [-0.15, -0.1) is 0 Å². The van der Waals surface area contributed by atoms with Crippen LogP contribution in [0.2, 0.25) is 0 Å². The number of nitrogens with zero attached hydrogens (tertiary/aromatic N) is 1. The number of fused-ring (bicyclic) bond motifs is 1. The Bertz CT molecular complexity index is 678. The van der Waals surface area contributed by atoms with Crippen molar-refractivity contribution in [3.63, 3.8) is 0 Å². The van der Waals surface area contributed by atoms with Crippen molar-refractivity contribution in [1.82, 2.24) is 10.2 Å². The maximum absolute atomic E-state index is 12.8. The van der Waals surface area contributed by atoms with Crippen LogP contribution in [0.1, 0.15) is 90.3 Å². The van der Waals surface area contributed by atoms with Crippen LogP contribution >= 0.6 is 0 Å². The second-order valence-corrected chi connectivity index (χ2v) is 9.92. The van der Waals surface area contributed by atoms with Gasteiger partial charge in [-0.1, -0.05) is 58.9 Å². The topological polar surface area (TPSA) is 49.4 Å². The zero-order valence-corrected chi connectivity index (χ0v) is 19.1. The summed E-state index contributed by atoms with van der Waals surface area (Å²) in [5, 5.41) is 3.21. The molecule has 1 aromatic rings. The summed E-state index contributed by atoms with van der Waals surface area (Å²) < 4.78 is 0. The minimum absolute atomic E-state index is 0.0448. The zero-order chi connectivity index (χ0) is 21.4. The predicted octanol–water partition coefficient (Wildman–Crippen LogP) is 5.27. The van der Waals surface area contributed by atoms with E-state index in [0.29, 0.717) is 25.3 Å². The number of aryl methyl sites for hydroxylation is 1. The lowest BCUT2D eigenvalue weighted by atomic mass is 9.84. The molecular formula is C25H40N2O2. The van der Waals surface area contributed by atoms with Crippen LogP contribution in [0.5, 0.6) is 0 Å². The number of carbonyl (C=O) groups excluding carboxylic acids is 2.